The van der Waals surface area contributed by atoms with E-state index in [9.17, 15) is 13.2 Å². The number of amides is 1. The third kappa shape index (κ3) is 5.58. The molecule has 3 aromatic rings. The maximum absolute atomic E-state index is 12.9. The Balaban J connectivity index is 1.36. The van der Waals surface area contributed by atoms with Gasteiger partial charge in [-0.3, -0.25) is 19.4 Å². The number of carbonyl (C=O) groups excluding carboxylic acids is 1. The number of hydrogen-bond acceptors (Lipinski definition) is 5. The molecule has 1 N–H and O–H groups in total. The van der Waals surface area contributed by atoms with Gasteiger partial charge in [0.05, 0.1) is 4.90 Å². The van der Waals surface area contributed by atoms with Crippen molar-refractivity contribution in [3.8, 4) is 0 Å². The van der Waals surface area contributed by atoms with Gasteiger partial charge < -0.3 is 4.90 Å². The van der Waals surface area contributed by atoms with E-state index in [2.05, 4.69) is 14.6 Å². The molecule has 0 saturated carbocycles. The van der Waals surface area contributed by atoms with Crippen LogP contribution in [-0.4, -0.2) is 55.3 Å². The van der Waals surface area contributed by atoms with Gasteiger partial charge in [-0.15, -0.1) is 0 Å². The first-order valence-electron chi connectivity index (χ1n) is 10.9. The molecule has 1 aromatic heterocycles. The molecule has 172 valence electrons. The van der Waals surface area contributed by atoms with Crippen LogP contribution in [0, 0.1) is 13.8 Å². The van der Waals surface area contributed by atoms with Crippen LogP contribution < -0.4 is 4.72 Å². The van der Waals surface area contributed by atoms with E-state index in [1.54, 1.807) is 55.7 Å². The molecule has 0 radical (unpaired) electrons. The molecule has 0 aliphatic carbocycles. The van der Waals surface area contributed by atoms with Gasteiger partial charge in [-0.1, -0.05) is 12.1 Å². The van der Waals surface area contributed by atoms with Crippen LogP contribution in [0.4, 0.5) is 5.69 Å². The minimum atomic E-state index is -3.71. The highest BCUT2D eigenvalue weighted by atomic mass is 32.2. The molecule has 1 saturated heterocycles. The molecule has 0 atom stereocenters. The van der Waals surface area contributed by atoms with Gasteiger partial charge in [-0.2, -0.15) is 0 Å². The first-order valence-corrected chi connectivity index (χ1v) is 12.4. The summed E-state index contributed by atoms with van der Waals surface area (Å²) in [7, 11) is -3.71. The first kappa shape index (κ1) is 22.9. The van der Waals surface area contributed by atoms with Gasteiger partial charge >= 0.3 is 0 Å². The van der Waals surface area contributed by atoms with Crippen molar-refractivity contribution >= 4 is 21.6 Å². The van der Waals surface area contributed by atoms with Gasteiger partial charge in [0.1, 0.15) is 0 Å². The summed E-state index contributed by atoms with van der Waals surface area (Å²) in [4.78, 5) is 21.4. The number of aromatic nitrogens is 1. The van der Waals surface area contributed by atoms with Crippen molar-refractivity contribution in [3.05, 3.63) is 89.2 Å². The maximum atomic E-state index is 12.9. The number of nitrogens with zero attached hydrogens (tertiary/aromatic N) is 3. The summed E-state index contributed by atoms with van der Waals surface area (Å²) in [6.45, 7) is 7.41. The molecule has 0 bridgehead atoms. The van der Waals surface area contributed by atoms with E-state index in [4.69, 9.17) is 0 Å². The number of rotatable bonds is 6. The second kappa shape index (κ2) is 9.72. The third-order valence-electron chi connectivity index (χ3n) is 5.83. The van der Waals surface area contributed by atoms with Crippen molar-refractivity contribution in [2.75, 3.05) is 30.9 Å². The molecule has 33 heavy (non-hydrogen) atoms. The molecular weight excluding hydrogens is 436 g/mol. The zero-order valence-corrected chi connectivity index (χ0v) is 19.7. The number of piperazine rings is 1. The van der Waals surface area contributed by atoms with Crippen molar-refractivity contribution in [3.63, 3.8) is 0 Å². The maximum Gasteiger partial charge on any atom is 0.262 e. The molecule has 8 heteroatoms. The zero-order valence-electron chi connectivity index (χ0n) is 18.9. The molecular formula is C25H28N4O3S. The predicted octanol–water partition coefficient (Wildman–Crippen LogP) is 3.46. The van der Waals surface area contributed by atoms with Gasteiger partial charge in [0.25, 0.3) is 15.9 Å². The molecule has 0 spiro atoms. The smallest absolute Gasteiger partial charge is 0.262 e. The van der Waals surface area contributed by atoms with E-state index in [0.717, 1.165) is 25.2 Å². The molecule has 1 fully saturated rings. The van der Waals surface area contributed by atoms with E-state index in [-0.39, 0.29) is 10.8 Å². The lowest BCUT2D eigenvalue weighted by Gasteiger charge is -2.34. The topological polar surface area (TPSA) is 82.6 Å². The Bertz CT molecular complexity index is 1220. The van der Waals surface area contributed by atoms with Crippen LogP contribution >= 0.6 is 0 Å². The van der Waals surface area contributed by atoms with Gasteiger partial charge in [-0.25, -0.2) is 8.42 Å². The van der Waals surface area contributed by atoms with E-state index in [0.29, 0.717) is 29.9 Å². The van der Waals surface area contributed by atoms with Crippen LogP contribution in [0.25, 0.3) is 0 Å². The standard InChI is InChI=1S/C25H28N4O3S/c1-19-3-4-20(2)24(17-19)33(31,32)27-23-7-5-22(6-8-23)25(30)29-15-13-28(14-16-29)18-21-9-11-26-12-10-21/h3-12,17,27H,13-16,18H2,1-2H3. The first-order chi connectivity index (χ1) is 15.8. The summed E-state index contributed by atoms with van der Waals surface area (Å²) in [5.74, 6) is -0.0394. The quantitative estimate of drug-likeness (QED) is 0.604. The van der Waals surface area contributed by atoms with Crippen molar-refractivity contribution in [1.29, 1.82) is 0 Å². The van der Waals surface area contributed by atoms with Crippen molar-refractivity contribution in [2.45, 2.75) is 25.3 Å². The van der Waals surface area contributed by atoms with E-state index in [1.165, 1.54) is 5.56 Å². The fourth-order valence-electron chi connectivity index (χ4n) is 3.93. The second-order valence-electron chi connectivity index (χ2n) is 8.38. The Labute approximate surface area is 195 Å². The highest BCUT2D eigenvalue weighted by Crippen LogP contribution is 2.21. The van der Waals surface area contributed by atoms with Crippen LogP contribution in [-0.2, 0) is 16.6 Å². The Morgan fingerprint density at radius 1 is 0.939 bits per heavy atom. The van der Waals surface area contributed by atoms with Gasteiger partial charge in [0.2, 0.25) is 0 Å². The number of carbonyl (C=O) groups is 1. The van der Waals surface area contributed by atoms with Gasteiger partial charge in [0, 0.05) is 56.4 Å². The number of pyridine rings is 1. The zero-order chi connectivity index (χ0) is 23.4. The number of nitrogens with one attached hydrogen (secondary N) is 1. The Kier molecular flexibility index (Phi) is 6.76. The lowest BCUT2D eigenvalue weighted by Crippen LogP contribution is -2.48. The van der Waals surface area contributed by atoms with E-state index >= 15 is 0 Å². The third-order valence-corrected chi connectivity index (χ3v) is 7.36. The summed E-state index contributed by atoms with van der Waals surface area (Å²) in [5.41, 5.74) is 3.75. The fourth-order valence-corrected chi connectivity index (χ4v) is 5.32. The second-order valence-corrected chi connectivity index (χ2v) is 10.0. The van der Waals surface area contributed by atoms with Crippen molar-refractivity contribution in [1.82, 2.24) is 14.8 Å². The minimum absolute atomic E-state index is 0.0394. The Morgan fingerprint density at radius 2 is 1.61 bits per heavy atom. The van der Waals surface area contributed by atoms with Crippen molar-refractivity contribution < 1.29 is 13.2 Å². The van der Waals surface area contributed by atoms with Crippen LogP contribution in [0.5, 0.6) is 0 Å². The van der Waals surface area contributed by atoms with Crippen molar-refractivity contribution in [2.24, 2.45) is 0 Å². The largest absolute Gasteiger partial charge is 0.336 e. The number of anilines is 1. The summed E-state index contributed by atoms with van der Waals surface area (Å²) >= 11 is 0. The normalized spacial score (nSPS) is 14.8. The SMILES string of the molecule is Cc1ccc(C)c(S(=O)(=O)Nc2ccc(C(=O)N3CCN(Cc4ccncc4)CC3)cc2)c1. The average Bonchev–Trinajstić information content (AvgIpc) is 2.81. The number of benzene rings is 2. The van der Waals surface area contributed by atoms with Crippen LogP contribution in [0.2, 0.25) is 0 Å². The minimum Gasteiger partial charge on any atom is -0.336 e. The molecule has 7 nitrogen and oxygen atoms in total. The predicted molar refractivity (Wildman–Crippen MR) is 129 cm³/mol. The average molecular weight is 465 g/mol. The lowest BCUT2D eigenvalue weighted by atomic mass is 10.1. The molecule has 2 heterocycles. The van der Waals surface area contributed by atoms with E-state index in [1.807, 2.05) is 30.0 Å². The molecule has 2 aromatic carbocycles. The fraction of sp³-hybridized carbons (Fsp3) is 0.280. The summed E-state index contributed by atoms with van der Waals surface area (Å²) in [6.07, 6.45) is 3.59. The summed E-state index contributed by atoms with van der Waals surface area (Å²) < 4.78 is 28.2. The molecule has 1 amide bonds. The lowest BCUT2D eigenvalue weighted by molar-refractivity contribution is 0.0628. The van der Waals surface area contributed by atoms with Gasteiger partial charge in [-0.05, 0) is 73.0 Å². The molecule has 4 rings (SSSR count). The molecule has 1 aliphatic rings. The molecule has 1 aliphatic heterocycles. The molecule has 0 unspecified atom stereocenters. The Hall–Kier alpha value is -3.23. The highest BCUT2D eigenvalue weighted by Gasteiger charge is 2.23. The van der Waals surface area contributed by atoms with E-state index < -0.39 is 10.0 Å². The van der Waals surface area contributed by atoms with Crippen LogP contribution in [0.3, 0.4) is 0 Å². The van der Waals surface area contributed by atoms with Gasteiger partial charge in [0.15, 0.2) is 0 Å². The summed E-state index contributed by atoms with van der Waals surface area (Å²) in [6, 6.07) is 16.0. The summed E-state index contributed by atoms with van der Waals surface area (Å²) in [5, 5.41) is 0. The number of sulfonamides is 1. The number of hydrogen-bond donors (Lipinski definition) is 1. The number of aryl methyl sites for hydroxylation is 2. The highest BCUT2D eigenvalue weighted by molar-refractivity contribution is 7.92. The van der Waals surface area contributed by atoms with Crippen LogP contribution in [0.15, 0.2) is 71.9 Å². The monoisotopic (exact) mass is 464 g/mol. The Morgan fingerprint density at radius 3 is 2.27 bits per heavy atom. The van der Waals surface area contributed by atoms with Crippen LogP contribution in [0.1, 0.15) is 27.0 Å².